The number of benzene rings is 1. The third kappa shape index (κ3) is 4.76. The number of ether oxygens (including phenoxy) is 2. The molecule has 3 rings (SSSR count). The van der Waals surface area contributed by atoms with Crippen molar-refractivity contribution in [2.24, 2.45) is 0 Å². The lowest BCUT2D eigenvalue weighted by Gasteiger charge is -2.08. The monoisotopic (exact) mass is 383 g/mol. The summed E-state index contributed by atoms with van der Waals surface area (Å²) in [6.45, 7) is 3.32. The van der Waals surface area contributed by atoms with Crippen LogP contribution in [0.25, 0.3) is 11.2 Å². The predicted molar refractivity (Wildman–Crippen MR) is 106 cm³/mol. The second-order valence-corrected chi connectivity index (χ2v) is 6.53. The van der Waals surface area contributed by atoms with E-state index in [0.29, 0.717) is 30.1 Å². The summed E-state index contributed by atoms with van der Waals surface area (Å²) >= 11 is 0. The molecular formula is C20H25N5O3. The van der Waals surface area contributed by atoms with Gasteiger partial charge < -0.3 is 19.8 Å². The molecule has 0 aliphatic heterocycles. The van der Waals surface area contributed by atoms with Gasteiger partial charge >= 0.3 is 12.0 Å². The number of hydrogen-bond acceptors (Lipinski definition) is 7. The highest BCUT2D eigenvalue weighted by atomic mass is 16.5. The first-order valence-corrected chi connectivity index (χ1v) is 9.36. The molecule has 2 aromatic heterocycles. The number of fused-ring (bicyclic) bond motifs is 1. The van der Waals surface area contributed by atoms with Gasteiger partial charge in [-0.05, 0) is 24.0 Å². The average molecular weight is 383 g/mol. The van der Waals surface area contributed by atoms with Crippen LogP contribution in [0.3, 0.4) is 0 Å². The van der Waals surface area contributed by atoms with Gasteiger partial charge in [0.05, 0.1) is 26.5 Å². The first-order chi connectivity index (χ1) is 13.6. The molecule has 0 unspecified atom stereocenters. The van der Waals surface area contributed by atoms with E-state index in [1.807, 2.05) is 28.8 Å². The number of aryl methyl sites for hydroxylation is 2. The minimum atomic E-state index is -0.250. The van der Waals surface area contributed by atoms with Crippen LogP contribution in [0.2, 0.25) is 0 Å². The summed E-state index contributed by atoms with van der Waals surface area (Å²) in [7, 11) is 1.39. The third-order valence-corrected chi connectivity index (χ3v) is 4.41. The second-order valence-electron chi connectivity index (χ2n) is 6.53. The van der Waals surface area contributed by atoms with Gasteiger partial charge in [-0.25, -0.2) is 4.98 Å². The lowest BCUT2D eigenvalue weighted by molar-refractivity contribution is -0.139. The topological polar surface area (TPSA) is 105 Å². The highest BCUT2D eigenvalue weighted by molar-refractivity contribution is 5.81. The summed E-state index contributed by atoms with van der Waals surface area (Å²) in [6.07, 6.45) is 4.70. The minimum absolute atomic E-state index is 0.250. The summed E-state index contributed by atoms with van der Waals surface area (Å²) in [4.78, 5) is 24.5. The molecule has 0 aliphatic rings. The van der Waals surface area contributed by atoms with Crippen molar-refractivity contribution in [3.05, 3.63) is 41.7 Å². The van der Waals surface area contributed by atoms with Crippen molar-refractivity contribution in [3.63, 3.8) is 0 Å². The maximum atomic E-state index is 11.5. The molecule has 0 amide bonds. The molecule has 0 atom stereocenters. The van der Waals surface area contributed by atoms with Crippen LogP contribution in [0, 0.1) is 0 Å². The van der Waals surface area contributed by atoms with Crippen LogP contribution in [0.5, 0.6) is 6.01 Å². The number of rotatable bonds is 9. The molecule has 0 fully saturated rings. The van der Waals surface area contributed by atoms with Gasteiger partial charge in [-0.2, -0.15) is 9.97 Å². The fraction of sp³-hybridized carbons (Fsp3) is 0.400. The Morgan fingerprint density at radius 2 is 2.07 bits per heavy atom. The molecule has 148 valence electrons. The Balaban J connectivity index is 1.74. The predicted octanol–water partition coefficient (Wildman–Crippen LogP) is 2.55. The fourth-order valence-electron chi connectivity index (χ4n) is 2.86. The first-order valence-electron chi connectivity index (χ1n) is 9.36. The van der Waals surface area contributed by atoms with Crippen LogP contribution in [0.15, 0.2) is 30.6 Å². The summed E-state index contributed by atoms with van der Waals surface area (Å²) in [5.74, 6) is 0.0656. The molecule has 28 heavy (non-hydrogen) atoms. The van der Waals surface area contributed by atoms with E-state index in [9.17, 15) is 4.79 Å². The van der Waals surface area contributed by atoms with Gasteiger partial charge in [-0.1, -0.05) is 37.6 Å². The SMILES string of the molecule is CCCCOc1nc(N)c2ncn(CCc3cccc(CC(=O)OC)c3)c2n1. The number of nitrogens with zero attached hydrogens (tertiary/aromatic N) is 4. The van der Waals surface area contributed by atoms with E-state index < -0.39 is 0 Å². The summed E-state index contributed by atoms with van der Waals surface area (Å²) in [5, 5.41) is 0. The molecular weight excluding hydrogens is 358 g/mol. The molecule has 2 N–H and O–H groups in total. The van der Waals surface area contributed by atoms with Crippen LogP contribution in [0.4, 0.5) is 5.82 Å². The van der Waals surface area contributed by atoms with E-state index in [2.05, 4.69) is 21.9 Å². The van der Waals surface area contributed by atoms with E-state index in [1.54, 1.807) is 6.33 Å². The van der Waals surface area contributed by atoms with E-state index in [-0.39, 0.29) is 18.4 Å². The largest absolute Gasteiger partial charge is 0.469 e. The maximum Gasteiger partial charge on any atom is 0.320 e. The number of hydrogen-bond donors (Lipinski definition) is 1. The summed E-state index contributed by atoms with van der Waals surface area (Å²) in [6, 6.07) is 8.18. The van der Waals surface area contributed by atoms with Gasteiger partial charge in [0.25, 0.3) is 0 Å². The normalized spacial score (nSPS) is 10.9. The summed E-state index contributed by atoms with van der Waals surface area (Å²) < 4.78 is 12.3. The number of imidazole rings is 1. The number of anilines is 1. The van der Waals surface area contributed by atoms with Crippen molar-refractivity contribution in [1.82, 2.24) is 19.5 Å². The lowest BCUT2D eigenvalue weighted by atomic mass is 10.1. The van der Waals surface area contributed by atoms with Crippen molar-refractivity contribution in [3.8, 4) is 6.01 Å². The van der Waals surface area contributed by atoms with Gasteiger partial charge in [0.2, 0.25) is 0 Å². The molecule has 0 radical (unpaired) electrons. The molecule has 0 saturated heterocycles. The Kier molecular flexibility index (Phi) is 6.41. The maximum absolute atomic E-state index is 11.5. The molecule has 0 aliphatic carbocycles. The van der Waals surface area contributed by atoms with Crippen molar-refractivity contribution in [2.75, 3.05) is 19.5 Å². The molecule has 2 heterocycles. The van der Waals surface area contributed by atoms with E-state index in [0.717, 1.165) is 30.4 Å². The zero-order valence-electron chi connectivity index (χ0n) is 16.2. The van der Waals surface area contributed by atoms with Gasteiger partial charge in [-0.3, -0.25) is 4.79 Å². The average Bonchev–Trinajstić information content (AvgIpc) is 3.10. The standard InChI is InChI=1S/C20H25N5O3/c1-3-4-10-28-20-23-18(21)17-19(24-20)25(13-22-17)9-8-14-6-5-7-15(11-14)12-16(26)27-2/h5-7,11,13H,3-4,8-10,12H2,1-2H3,(H2,21,23,24). The number of nitrogen functional groups attached to an aromatic ring is 1. The van der Waals surface area contributed by atoms with Crippen molar-refractivity contribution in [1.29, 1.82) is 0 Å². The quantitative estimate of drug-likeness (QED) is 0.447. The van der Waals surface area contributed by atoms with Crippen molar-refractivity contribution >= 4 is 23.0 Å². The first kappa shape index (κ1) is 19.6. The fourth-order valence-corrected chi connectivity index (χ4v) is 2.86. The van der Waals surface area contributed by atoms with Crippen molar-refractivity contribution in [2.45, 2.75) is 39.2 Å². The second kappa shape index (κ2) is 9.16. The number of carbonyl (C=O) groups is 1. The van der Waals surface area contributed by atoms with E-state index in [4.69, 9.17) is 15.2 Å². The molecule has 3 aromatic rings. The minimum Gasteiger partial charge on any atom is -0.469 e. The van der Waals surface area contributed by atoms with Crippen LogP contribution >= 0.6 is 0 Å². The number of methoxy groups -OCH3 is 1. The molecule has 8 heteroatoms. The van der Waals surface area contributed by atoms with Crippen LogP contribution in [-0.2, 0) is 28.9 Å². The Bertz CT molecular complexity index is 954. The molecule has 1 aromatic carbocycles. The van der Waals surface area contributed by atoms with Gasteiger partial charge in [0, 0.05) is 6.54 Å². The Labute approximate surface area is 163 Å². The Morgan fingerprint density at radius 3 is 2.86 bits per heavy atom. The van der Waals surface area contributed by atoms with Gasteiger partial charge in [0.1, 0.15) is 0 Å². The van der Waals surface area contributed by atoms with Crippen LogP contribution in [-0.4, -0.2) is 39.2 Å². The lowest BCUT2D eigenvalue weighted by Crippen LogP contribution is -2.07. The van der Waals surface area contributed by atoms with Crippen LogP contribution in [0.1, 0.15) is 30.9 Å². The summed E-state index contributed by atoms with van der Waals surface area (Å²) in [5.41, 5.74) is 9.28. The Hall–Kier alpha value is -3.16. The number of esters is 1. The van der Waals surface area contributed by atoms with Crippen molar-refractivity contribution < 1.29 is 14.3 Å². The number of unbranched alkanes of at least 4 members (excludes halogenated alkanes) is 1. The van der Waals surface area contributed by atoms with Gasteiger partial charge in [-0.15, -0.1) is 0 Å². The van der Waals surface area contributed by atoms with Gasteiger partial charge in [0.15, 0.2) is 17.0 Å². The zero-order chi connectivity index (χ0) is 19.9. The van der Waals surface area contributed by atoms with Crippen LogP contribution < -0.4 is 10.5 Å². The highest BCUT2D eigenvalue weighted by Crippen LogP contribution is 2.20. The molecule has 0 bridgehead atoms. The molecule has 8 nitrogen and oxygen atoms in total. The Morgan fingerprint density at radius 1 is 1.25 bits per heavy atom. The molecule has 0 spiro atoms. The van der Waals surface area contributed by atoms with E-state index in [1.165, 1.54) is 7.11 Å². The third-order valence-electron chi connectivity index (χ3n) is 4.41. The highest BCUT2D eigenvalue weighted by Gasteiger charge is 2.12. The smallest absolute Gasteiger partial charge is 0.320 e. The number of nitrogens with two attached hydrogens (primary N) is 1. The molecule has 0 saturated carbocycles. The number of aromatic nitrogens is 4. The zero-order valence-corrected chi connectivity index (χ0v) is 16.2. The van der Waals surface area contributed by atoms with E-state index >= 15 is 0 Å². The number of carbonyl (C=O) groups excluding carboxylic acids is 1.